The van der Waals surface area contributed by atoms with E-state index in [0.29, 0.717) is 6.42 Å². The standard InChI is InChI=1S/C28H44O2/c1-3-5-6-7-8-9-10-11-12-13-14-15-16-19-24-22-23-25-20-17-21-27(29)30-28(25)26(24)18-4-2/h4,22-23H,2-3,5-21H2,1H3. The third-order valence-electron chi connectivity index (χ3n) is 6.38. The van der Waals surface area contributed by atoms with Gasteiger partial charge in [0.1, 0.15) is 5.75 Å². The van der Waals surface area contributed by atoms with Crippen LogP contribution in [0, 0.1) is 0 Å². The van der Waals surface area contributed by atoms with Gasteiger partial charge in [-0.3, -0.25) is 4.79 Å². The fraction of sp³-hybridized carbons (Fsp3) is 0.679. The van der Waals surface area contributed by atoms with Crippen molar-refractivity contribution in [3.8, 4) is 5.75 Å². The summed E-state index contributed by atoms with van der Waals surface area (Å²) in [5.74, 6) is 0.752. The lowest BCUT2D eigenvalue weighted by atomic mass is 9.94. The molecule has 1 aliphatic heterocycles. The van der Waals surface area contributed by atoms with Crippen molar-refractivity contribution in [3.63, 3.8) is 0 Å². The zero-order valence-corrected chi connectivity index (χ0v) is 19.5. The Labute approximate surface area is 185 Å². The minimum atomic E-state index is -0.0860. The first-order valence-corrected chi connectivity index (χ1v) is 12.7. The van der Waals surface area contributed by atoms with Gasteiger partial charge in [0, 0.05) is 12.0 Å². The molecular weight excluding hydrogens is 368 g/mol. The molecule has 0 N–H and O–H groups in total. The molecule has 0 spiro atoms. The Balaban J connectivity index is 1.64. The number of hydrogen-bond donors (Lipinski definition) is 0. The second-order valence-corrected chi connectivity index (χ2v) is 9.00. The largest absolute Gasteiger partial charge is 0.426 e. The fourth-order valence-electron chi connectivity index (χ4n) is 4.56. The highest BCUT2D eigenvalue weighted by Crippen LogP contribution is 2.33. The average molecular weight is 413 g/mol. The van der Waals surface area contributed by atoms with Crippen molar-refractivity contribution in [1.29, 1.82) is 0 Å². The van der Waals surface area contributed by atoms with Crippen molar-refractivity contribution in [1.82, 2.24) is 0 Å². The van der Waals surface area contributed by atoms with Gasteiger partial charge in [0.2, 0.25) is 0 Å². The van der Waals surface area contributed by atoms with E-state index in [9.17, 15) is 4.79 Å². The van der Waals surface area contributed by atoms with Crippen molar-refractivity contribution in [2.24, 2.45) is 0 Å². The highest BCUT2D eigenvalue weighted by Gasteiger charge is 2.20. The van der Waals surface area contributed by atoms with E-state index in [0.717, 1.165) is 31.4 Å². The van der Waals surface area contributed by atoms with Gasteiger partial charge in [-0.1, -0.05) is 102 Å². The zero-order valence-electron chi connectivity index (χ0n) is 19.5. The van der Waals surface area contributed by atoms with E-state index in [4.69, 9.17) is 4.74 Å². The van der Waals surface area contributed by atoms with Crippen molar-refractivity contribution >= 4 is 5.97 Å². The van der Waals surface area contributed by atoms with E-state index in [1.54, 1.807) is 0 Å². The molecule has 2 rings (SSSR count). The van der Waals surface area contributed by atoms with Crippen molar-refractivity contribution in [2.75, 3.05) is 0 Å². The third-order valence-corrected chi connectivity index (χ3v) is 6.38. The Hall–Kier alpha value is -1.57. The van der Waals surface area contributed by atoms with Crippen LogP contribution >= 0.6 is 0 Å². The Morgan fingerprint density at radius 1 is 0.867 bits per heavy atom. The molecule has 0 saturated heterocycles. The van der Waals surface area contributed by atoms with E-state index in [1.165, 1.54) is 100 Å². The summed E-state index contributed by atoms with van der Waals surface area (Å²) in [4.78, 5) is 12.0. The van der Waals surface area contributed by atoms with E-state index in [-0.39, 0.29) is 5.97 Å². The molecular formula is C28H44O2. The van der Waals surface area contributed by atoms with Crippen LogP contribution in [-0.2, 0) is 24.1 Å². The van der Waals surface area contributed by atoms with Gasteiger partial charge in [-0.05, 0) is 43.2 Å². The monoisotopic (exact) mass is 412 g/mol. The molecule has 168 valence electrons. The molecule has 0 unspecified atom stereocenters. The molecule has 30 heavy (non-hydrogen) atoms. The predicted molar refractivity (Wildman–Crippen MR) is 128 cm³/mol. The number of carbonyl (C=O) groups is 1. The summed E-state index contributed by atoms with van der Waals surface area (Å²) >= 11 is 0. The quantitative estimate of drug-likeness (QED) is 0.118. The SMILES string of the molecule is C=CCc1c(CCCCCCCCCCCCCCC)ccc2c1OC(=O)CCC2. The van der Waals surface area contributed by atoms with Gasteiger partial charge in [0.25, 0.3) is 0 Å². The highest BCUT2D eigenvalue weighted by molar-refractivity contribution is 5.74. The first kappa shape index (κ1) is 24.7. The van der Waals surface area contributed by atoms with Gasteiger partial charge in [0.15, 0.2) is 0 Å². The lowest BCUT2D eigenvalue weighted by molar-refractivity contribution is -0.134. The van der Waals surface area contributed by atoms with E-state index >= 15 is 0 Å². The second kappa shape index (κ2) is 15.3. The number of unbranched alkanes of at least 4 members (excludes halogenated alkanes) is 12. The molecule has 0 aliphatic carbocycles. The fourth-order valence-corrected chi connectivity index (χ4v) is 4.56. The number of esters is 1. The van der Waals surface area contributed by atoms with Crippen molar-refractivity contribution < 1.29 is 9.53 Å². The maximum Gasteiger partial charge on any atom is 0.311 e. The number of carbonyl (C=O) groups excluding carboxylic acids is 1. The number of hydrogen-bond acceptors (Lipinski definition) is 2. The summed E-state index contributed by atoms with van der Waals surface area (Å²) in [5.41, 5.74) is 3.72. The minimum absolute atomic E-state index is 0.0860. The second-order valence-electron chi connectivity index (χ2n) is 9.00. The summed E-state index contributed by atoms with van der Waals surface area (Å²) < 4.78 is 5.71. The Bertz CT molecular complexity index is 632. The number of fused-ring (bicyclic) bond motifs is 1. The van der Waals surface area contributed by atoms with E-state index in [2.05, 4.69) is 25.6 Å². The van der Waals surface area contributed by atoms with Crippen molar-refractivity contribution in [3.05, 3.63) is 41.5 Å². The summed E-state index contributed by atoms with van der Waals surface area (Å²) in [6, 6.07) is 4.44. The Morgan fingerprint density at radius 3 is 2.07 bits per heavy atom. The summed E-state index contributed by atoms with van der Waals surface area (Å²) in [6.07, 6.45) is 24.1. The molecule has 0 radical (unpaired) electrons. The van der Waals surface area contributed by atoms with Crippen LogP contribution in [0.25, 0.3) is 0 Å². The van der Waals surface area contributed by atoms with Crippen LogP contribution in [0.2, 0.25) is 0 Å². The van der Waals surface area contributed by atoms with Crippen molar-refractivity contribution in [2.45, 2.75) is 122 Å². The summed E-state index contributed by atoms with van der Waals surface area (Å²) in [7, 11) is 0. The van der Waals surface area contributed by atoms with Gasteiger partial charge in [-0.2, -0.15) is 0 Å². The minimum Gasteiger partial charge on any atom is -0.426 e. The molecule has 0 saturated carbocycles. The van der Waals surface area contributed by atoms with Crippen LogP contribution in [0.15, 0.2) is 24.8 Å². The van der Waals surface area contributed by atoms with Crippen LogP contribution in [0.4, 0.5) is 0 Å². The number of allylic oxidation sites excluding steroid dienone is 1. The third kappa shape index (κ3) is 9.06. The van der Waals surface area contributed by atoms with Crippen LogP contribution in [0.3, 0.4) is 0 Å². The lowest BCUT2D eigenvalue weighted by Gasteiger charge is -2.16. The van der Waals surface area contributed by atoms with Gasteiger partial charge in [0.05, 0.1) is 0 Å². The normalized spacial score (nSPS) is 13.6. The number of benzene rings is 1. The van der Waals surface area contributed by atoms with E-state index in [1.807, 2.05) is 6.08 Å². The Morgan fingerprint density at radius 2 is 1.47 bits per heavy atom. The number of rotatable bonds is 16. The molecule has 1 heterocycles. The lowest BCUT2D eigenvalue weighted by Crippen LogP contribution is -2.08. The zero-order chi connectivity index (χ0) is 21.4. The molecule has 0 atom stereocenters. The van der Waals surface area contributed by atoms with Gasteiger partial charge >= 0.3 is 5.97 Å². The summed E-state index contributed by atoms with van der Waals surface area (Å²) in [5, 5.41) is 0. The Kier molecular flexibility index (Phi) is 12.6. The van der Waals surface area contributed by atoms with Crippen LogP contribution in [0.1, 0.15) is 120 Å². The molecule has 0 aromatic heterocycles. The van der Waals surface area contributed by atoms with Gasteiger partial charge in [-0.25, -0.2) is 0 Å². The maximum atomic E-state index is 12.0. The van der Waals surface area contributed by atoms with Crippen LogP contribution < -0.4 is 4.74 Å². The molecule has 0 fully saturated rings. The molecule has 1 aromatic carbocycles. The molecule has 1 aromatic rings. The molecule has 2 heteroatoms. The molecule has 1 aliphatic rings. The van der Waals surface area contributed by atoms with Crippen LogP contribution in [-0.4, -0.2) is 5.97 Å². The van der Waals surface area contributed by atoms with Gasteiger partial charge < -0.3 is 4.74 Å². The maximum absolute atomic E-state index is 12.0. The van der Waals surface area contributed by atoms with Crippen LogP contribution in [0.5, 0.6) is 5.75 Å². The predicted octanol–water partition coefficient (Wildman–Crippen LogP) is 8.29. The van der Waals surface area contributed by atoms with E-state index < -0.39 is 0 Å². The average Bonchev–Trinajstić information content (AvgIpc) is 2.93. The first-order valence-electron chi connectivity index (χ1n) is 12.7. The highest BCUT2D eigenvalue weighted by atomic mass is 16.5. The molecule has 0 amide bonds. The smallest absolute Gasteiger partial charge is 0.311 e. The summed E-state index contributed by atoms with van der Waals surface area (Å²) in [6.45, 7) is 6.20. The molecule has 0 bridgehead atoms. The van der Waals surface area contributed by atoms with Gasteiger partial charge in [-0.15, -0.1) is 6.58 Å². The first-order chi connectivity index (χ1) is 14.8. The number of ether oxygens (including phenoxy) is 1. The topological polar surface area (TPSA) is 26.3 Å². The number of aryl methyl sites for hydroxylation is 2. The molecule has 2 nitrogen and oxygen atoms in total.